The average molecular weight is 638 g/mol. The number of hydrogen-bond acceptors (Lipinski definition) is 7. The lowest BCUT2D eigenvalue weighted by atomic mass is 9.85. The van der Waals surface area contributed by atoms with Gasteiger partial charge in [0.1, 0.15) is 18.0 Å². The molecular formula is C26H26Cl2F5N5O4. The highest BCUT2D eigenvalue weighted by atomic mass is 35.5. The number of alkyl halides is 5. The molecule has 2 amide bonds. The molecule has 1 aromatic heterocycles. The number of ether oxygens (including phenoxy) is 1. The summed E-state index contributed by atoms with van der Waals surface area (Å²) in [6.45, 7) is -1.72. The number of fused-ring (bicyclic) bond motifs is 1. The third-order valence-corrected chi connectivity index (χ3v) is 7.57. The average Bonchev–Trinajstić information content (AvgIpc) is 3.34. The van der Waals surface area contributed by atoms with Crippen LogP contribution in [0.5, 0.6) is 5.88 Å². The Kier molecular flexibility index (Phi) is 10.1. The van der Waals surface area contributed by atoms with Gasteiger partial charge in [-0.2, -0.15) is 18.2 Å². The van der Waals surface area contributed by atoms with Crippen LogP contribution in [-0.2, 0) is 17.8 Å². The fourth-order valence-electron chi connectivity index (χ4n) is 4.66. The van der Waals surface area contributed by atoms with Gasteiger partial charge in [-0.15, -0.1) is 0 Å². The van der Waals surface area contributed by atoms with Crippen molar-refractivity contribution in [3.05, 3.63) is 44.9 Å². The zero-order valence-corrected chi connectivity index (χ0v) is 23.3. The zero-order chi connectivity index (χ0) is 30.6. The topological polar surface area (TPSA) is 125 Å². The van der Waals surface area contributed by atoms with Crippen LogP contribution in [0.1, 0.15) is 47.2 Å². The lowest BCUT2D eigenvalue weighted by Crippen LogP contribution is -2.40. The quantitative estimate of drug-likeness (QED) is 0.281. The lowest BCUT2D eigenvalue weighted by Gasteiger charge is -2.30. The number of nitrogens with one attached hydrogen (secondary N) is 3. The predicted octanol–water partition coefficient (Wildman–Crippen LogP) is 5.19. The number of aliphatic hydroxyl groups is 1. The number of aliphatic imine (C=N–C) groups is 1. The number of hydrogen-bond donors (Lipinski definition) is 4. The third-order valence-electron chi connectivity index (χ3n) is 6.82. The van der Waals surface area contributed by atoms with Gasteiger partial charge in [-0.1, -0.05) is 29.3 Å². The van der Waals surface area contributed by atoms with E-state index in [1.807, 2.05) is 0 Å². The van der Waals surface area contributed by atoms with Gasteiger partial charge in [0.25, 0.3) is 12.3 Å². The predicted molar refractivity (Wildman–Crippen MR) is 145 cm³/mol. The summed E-state index contributed by atoms with van der Waals surface area (Å²) in [7, 11) is 0. The van der Waals surface area contributed by atoms with Gasteiger partial charge in [0.15, 0.2) is 12.4 Å². The molecule has 9 nitrogen and oxygen atoms in total. The van der Waals surface area contributed by atoms with Crippen molar-refractivity contribution < 1.29 is 41.4 Å². The smallest absolute Gasteiger partial charge is 0.391 e. The molecule has 42 heavy (non-hydrogen) atoms. The molecule has 2 heterocycles. The second kappa shape index (κ2) is 13.4. The number of carbonyl (C=O) groups is 2. The van der Waals surface area contributed by atoms with Crippen molar-refractivity contribution in [2.75, 3.05) is 18.5 Å². The van der Waals surface area contributed by atoms with Crippen LogP contribution in [0.3, 0.4) is 0 Å². The van der Waals surface area contributed by atoms with E-state index in [0.29, 0.717) is 17.0 Å². The molecule has 0 atom stereocenters. The SMILES string of the molecule is O=C(CO)NCc1ccc(Cl)c(NC2=Nc3nc(OCC(F)F)c(C(=O)NC4CCC(C(F)(F)F)CC4)cc3C2)c1Cl. The number of benzene rings is 1. The Balaban J connectivity index is 1.51. The molecule has 1 aliphatic heterocycles. The molecule has 1 aliphatic carbocycles. The summed E-state index contributed by atoms with van der Waals surface area (Å²) in [5, 5.41) is 17.5. The molecule has 0 spiro atoms. The van der Waals surface area contributed by atoms with Crippen molar-refractivity contribution in [3.8, 4) is 5.88 Å². The lowest BCUT2D eigenvalue weighted by molar-refractivity contribution is -0.182. The summed E-state index contributed by atoms with van der Waals surface area (Å²) in [4.78, 5) is 33.0. The zero-order valence-electron chi connectivity index (χ0n) is 21.8. The fraction of sp³-hybridized carbons (Fsp3) is 0.462. The maximum atomic E-state index is 13.1. The molecule has 0 saturated heterocycles. The molecule has 228 valence electrons. The summed E-state index contributed by atoms with van der Waals surface area (Å²) < 4.78 is 70.0. The van der Waals surface area contributed by atoms with Crippen LogP contribution in [0.25, 0.3) is 0 Å². The van der Waals surface area contributed by atoms with Crippen molar-refractivity contribution >= 4 is 52.4 Å². The molecule has 4 N–H and O–H groups in total. The van der Waals surface area contributed by atoms with E-state index in [4.69, 9.17) is 33.0 Å². The molecule has 1 fully saturated rings. The number of amides is 2. The number of aliphatic hydroxyl groups excluding tert-OH is 1. The Morgan fingerprint density at radius 2 is 1.86 bits per heavy atom. The van der Waals surface area contributed by atoms with E-state index in [1.54, 1.807) is 6.07 Å². The van der Waals surface area contributed by atoms with Crippen LogP contribution in [0, 0.1) is 5.92 Å². The van der Waals surface area contributed by atoms with E-state index < -0.39 is 55.5 Å². The standard InChI is InChI=1S/C26H26Cl2F5N5O4/c27-17-6-1-12(9-34-20(40)10-39)21(28)22(17)36-19-8-13-7-16(25(38-23(13)37-19)42-11-18(29)30)24(41)35-15-4-2-14(3-5-15)26(31,32)33/h1,6-7,14-15,18,39H,2-5,8-11H2,(H,34,40)(H,35,41)(H,36,37,38). The largest absolute Gasteiger partial charge is 0.471 e. The summed E-state index contributed by atoms with van der Waals surface area (Å²) in [6, 6.07) is 3.99. The molecule has 1 aromatic carbocycles. The van der Waals surface area contributed by atoms with E-state index >= 15 is 0 Å². The van der Waals surface area contributed by atoms with Crippen molar-refractivity contribution in [1.82, 2.24) is 15.6 Å². The minimum Gasteiger partial charge on any atom is -0.471 e. The molecule has 2 aromatic rings. The number of anilines is 1. The molecule has 0 unspecified atom stereocenters. The maximum absolute atomic E-state index is 13.1. The van der Waals surface area contributed by atoms with Crippen molar-refractivity contribution in [2.24, 2.45) is 10.9 Å². The van der Waals surface area contributed by atoms with Gasteiger partial charge in [0, 0.05) is 24.6 Å². The minimum atomic E-state index is -4.30. The number of amidine groups is 1. The molecular weight excluding hydrogens is 612 g/mol. The van der Waals surface area contributed by atoms with Gasteiger partial charge in [-0.05, 0) is 43.4 Å². The third kappa shape index (κ3) is 7.78. The number of carbonyl (C=O) groups excluding carboxylic acids is 2. The highest BCUT2D eigenvalue weighted by Crippen LogP contribution is 2.38. The van der Waals surface area contributed by atoms with E-state index in [1.165, 1.54) is 12.1 Å². The van der Waals surface area contributed by atoms with Gasteiger partial charge in [0.2, 0.25) is 11.8 Å². The highest BCUT2D eigenvalue weighted by molar-refractivity contribution is 6.40. The van der Waals surface area contributed by atoms with E-state index in [9.17, 15) is 31.5 Å². The first-order valence-corrected chi connectivity index (χ1v) is 13.6. The van der Waals surface area contributed by atoms with E-state index in [-0.39, 0.29) is 65.8 Å². The Bertz CT molecular complexity index is 1370. The highest BCUT2D eigenvalue weighted by Gasteiger charge is 2.41. The number of rotatable bonds is 9. The minimum absolute atomic E-state index is 0.0134. The Morgan fingerprint density at radius 1 is 1.14 bits per heavy atom. The monoisotopic (exact) mass is 637 g/mol. The number of nitrogens with zero attached hydrogens (tertiary/aromatic N) is 2. The second-order valence-corrected chi connectivity index (χ2v) is 10.6. The normalized spacial score (nSPS) is 18.4. The number of pyridine rings is 1. The van der Waals surface area contributed by atoms with Crippen molar-refractivity contribution in [3.63, 3.8) is 0 Å². The van der Waals surface area contributed by atoms with Crippen LogP contribution in [0.2, 0.25) is 10.0 Å². The summed E-state index contributed by atoms with van der Waals surface area (Å²) >= 11 is 12.8. The van der Waals surface area contributed by atoms with Gasteiger partial charge >= 0.3 is 6.18 Å². The fourth-order valence-corrected chi connectivity index (χ4v) is 5.19. The first-order chi connectivity index (χ1) is 19.8. The van der Waals surface area contributed by atoms with Gasteiger partial charge < -0.3 is 25.8 Å². The Hall–Kier alpha value is -3.23. The second-order valence-electron chi connectivity index (χ2n) is 9.78. The molecule has 0 radical (unpaired) electrons. The Morgan fingerprint density at radius 3 is 2.50 bits per heavy atom. The van der Waals surface area contributed by atoms with Gasteiger partial charge in [-0.25, -0.2) is 13.8 Å². The first-order valence-electron chi connectivity index (χ1n) is 12.9. The van der Waals surface area contributed by atoms with Crippen LogP contribution in [-0.4, -0.2) is 59.6 Å². The summed E-state index contributed by atoms with van der Waals surface area (Å²) in [5.41, 5.74) is 1.06. The van der Waals surface area contributed by atoms with E-state index in [0.717, 1.165) is 0 Å². The van der Waals surface area contributed by atoms with E-state index in [2.05, 4.69) is 25.9 Å². The number of halogens is 7. The van der Waals surface area contributed by atoms with Gasteiger partial charge in [-0.3, -0.25) is 9.59 Å². The molecule has 0 bridgehead atoms. The summed E-state index contributed by atoms with van der Waals surface area (Å²) in [6.07, 6.45) is -7.07. The van der Waals surface area contributed by atoms with Crippen LogP contribution in [0.15, 0.2) is 23.2 Å². The van der Waals surface area contributed by atoms with Crippen LogP contribution >= 0.6 is 23.2 Å². The maximum Gasteiger partial charge on any atom is 0.391 e. The first kappa shape index (κ1) is 31.7. The molecule has 1 saturated carbocycles. The Labute approximate surface area is 246 Å². The number of aromatic nitrogens is 1. The van der Waals surface area contributed by atoms with Crippen molar-refractivity contribution in [2.45, 2.75) is 57.3 Å². The van der Waals surface area contributed by atoms with Crippen molar-refractivity contribution in [1.29, 1.82) is 0 Å². The molecule has 16 heteroatoms. The molecule has 4 rings (SSSR count). The molecule has 2 aliphatic rings. The van der Waals surface area contributed by atoms with Crippen LogP contribution in [0.4, 0.5) is 33.5 Å². The van der Waals surface area contributed by atoms with Crippen LogP contribution < -0.4 is 20.7 Å². The summed E-state index contributed by atoms with van der Waals surface area (Å²) in [5.74, 6) is -2.73. The van der Waals surface area contributed by atoms with Gasteiger partial charge in [0.05, 0.1) is 21.7 Å².